The van der Waals surface area contributed by atoms with Crippen molar-refractivity contribution in [1.82, 2.24) is 20.4 Å². The Morgan fingerprint density at radius 1 is 1.00 bits per heavy atom. The Morgan fingerprint density at radius 3 is 2.38 bits per heavy atom. The average molecular weight is 500 g/mol. The van der Waals surface area contributed by atoms with Crippen LogP contribution in [0.5, 0.6) is 0 Å². The number of carbonyl (C=O) groups excluding carboxylic acids is 1. The third kappa shape index (κ3) is 6.37. The summed E-state index contributed by atoms with van der Waals surface area (Å²) in [5, 5.41) is 19.2. The van der Waals surface area contributed by atoms with E-state index in [1.807, 2.05) is 42.1 Å². The number of nitrogen functional groups attached to an aromatic ring is 1. The van der Waals surface area contributed by atoms with Crippen LogP contribution in [-0.2, 0) is 24.1 Å². The van der Waals surface area contributed by atoms with Crippen molar-refractivity contribution in [3.8, 4) is 0 Å². The maximum atomic E-state index is 12.1. The summed E-state index contributed by atoms with van der Waals surface area (Å²) in [6.07, 6.45) is 2.22. The molecule has 0 bridgehead atoms. The third-order valence-corrected chi connectivity index (χ3v) is 7.90. The molecule has 0 atom stereocenters. The average Bonchev–Trinajstić information content (AvgIpc) is 3.24. The SMILES string of the molecule is Nc1nnc(CCSCCc2nnc(NC(=O)Cc3ccccc3)[se]2)[se]1. The predicted octanol–water partition coefficient (Wildman–Crippen LogP) is 0.662. The van der Waals surface area contributed by atoms with Gasteiger partial charge in [-0.2, -0.15) is 0 Å². The van der Waals surface area contributed by atoms with E-state index in [0.717, 1.165) is 39.0 Å². The van der Waals surface area contributed by atoms with Gasteiger partial charge in [0.1, 0.15) is 0 Å². The van der Waals surface area contributed by atoms with Crippen molar-refractivity contribution in [2.75, 3.05) is 22.6 Å². The fraction of sp³-hybridized carbons (Fsp3) is 0.312. The molecule has 10 heteroatoms. The predicted molar refractivity (Wildman–Crippen MR) is 106 cm³/mol. The first kappa shape index (κ1) is 19.3. The molecule has 2 aromatic heterocycles. The van der Waals surface area contributed by atoms with Gasteiger partial charge in [-0.1, -0.05) is 0 Å². The number of aromatic nitrogens is 4. The Bertz CT molecular complexity index is 838. The second kappa shape index (κ2) is 10.0. The molecular formula is C16H18N6OSSe2. The number of anilines is 2. The molecule has 3 N–H and O–H groups in total. The van der Waals surface area contributed by atoms with E-state index in [2.05, 4.69) is 25.7 Å². The molecule has 0 saturated heterocycles. The van der Waals surface area contributed by atoms with Gasteiger partial charge in [0.05, 0.1) is 0 Å². The zero-order valence-electron chi connectivity index (χ0n) is 13.9. The van der Waals surface area contributed by atoms with Gasteiger partial charge in [0.15, 0.2) is 0 Å². The van der Waals surface area contributed by atoms with Gasteiger partial charge in [-0.25, -0.2) is 0 Å². The first-order valence-electron chi connectivity index (χ1n) is 8.01. The molecule has 0 aliphatic heterocycles. The zero-order valence-corrected chi connectivity index (χ0v) is 18.2. The van der Waals surface area contributed by atoms with Crippen LogP contribution in [0.1, 0.15) is 14.7 Å². The fourth-order valence-corrected chi connectivity index (χ4v) is 6.46. The van der Waals surface area contributed by atoms with Crippen LogP contribution >= 0.6 is 11.8 Å². The van der Waals surface area contributed by atoms with Crippen LogP contribution in [0.15, 0.2) is 30.3 Å². The van der Waals surface area contributed by atoms with Gasteiger partial charge < -0.3 is 0 Å². The number of nitrogens with zero attached hydrogens (tertiary/aromatic N) is 4. The number of carbonyl (C=O) groups is 1. The molecule has 0 unspecified atom stereocenters. The zero-order chi connectivity index (χ0) is 18.2. The van der Waals surface area contributed by atoms with E-state index in [0.29, 0.717) is 15.8 Å². The summed E-state index contributed by atoms with van der Waals surface area (Å²) >= 11 is 2.05. The van der Waals surface area contributed by atoms with Gasteiger partial charge in [0, 0.05) is 0 Å². The molecule has 1 aromatic carbocycles. The Kier molecular flexibility index (Phi) is 7.46. The molecule has 2 heterocycles. The molecule has 1 amide bonds. The second-order valence-corrected chi connectivity index (χ2v) is 11.1. The number of rotatable bonds is 9. The van der Waals surface area contributed by atoms with E-state index in [9.17, 15) is 4.79 Å². The summed E-state index contributed by atoms with van der Waals surface area (Å²) in [5.41, 5.74) is 6.62. The van der Waals surface area contributed by atoms with Crippen LogP contribution in [0, 0.1) is 0 Å². The summed E-state index contributed by atoms with van der Waals surface area (Å²) in [5.74, 6) is 1.98. The van der Waals surface area contributed by atoms with Crippen molar-refractivity contribution >= 4 is 56.1 Å². The van der Waals surface area contributed by atoms with Crippen LogP contribution in [0.2, 0.25) is 0 Å². The minimum absolute atomic E-state index is 0.0217. The number of hydrogen-bond acceptors (Lipinski definition) is 7. The number of aryl methyl sites for hydroxylation is 2. The molecule has 3 aromatic rings. The summed E-state index contributed by atoms with van der Waals surface area (Å²) in [7, 11) is 0. The van der Waals surface area contributed by atoms with E-state index in [-0.39, 0.29) is 34.9 Å². The van der Waals surface area contributed by atoms with Crippen LogP contribution in [0.25, 0.3) is 0 Å². The molecule has 136 valence electrons. The van der Waals surface area contributed by atoms with Crippen LogP contribution in [0.4, 0.5) is 9.38 Å². The first-order valence-corrected chi connectivity index (χ1v) is 12.6. The standard InChI is InChI=1S/C16H18N6OSSe2/c17-15-21-19-13(25-15)6-8-24-9-7-14-20-22-16(26-14)18-12(23)10-11-4-2-1-3-5-11/h1-5H,6-10H2,(H2,17,21)(H,18,22,23). The number of thioether (sulfide) groups is 1. The molecule has 0 spiro atoms. The van der Waals surface area contributed by atoms with Gasteiger partial charge in [-0.3, -0.25) is 0 Å². The number of nitrogens with one attached hydrogen (secondary N) is 1. The van der Waals surface area contributed by atoms with Crippen molar-refractivity contribution in [3.05, 3.63) is 45.0 Å². The molecule has 0 radical (unpaired) electrons. The number of hydrogen-bond donors (Lipinski definition) is 2. The summed E-state index contributed by atoms with van der Waals surface area (Å²) in [6, 6.07) is 9.69. The van der Waals surface area contributed by atoms with Crippen molar-refractivity contribution in [1.29, 1.82) is 0 Å². The van der Waals surface area contributed by atoms with Gasteiger partial charge in [0.2, 0.25) is 0 Å². The quantitative estimate of drug-likeness (QED) is 0.329. The molecular weight excluding hydrogens is 482 g/mol. The Labute approximate surface area is 167 Å². The normalized spacial score (nSPS) is 10.8. The summed E-state index contributed by atoms with van der Waals surface area (Å²) in [4.78, 5) is 12.1. The van der Waals surface area contributed by atoms with Crippen molar-refractivity contribution in [2.45, 2.75) is 19.3 Å². The van der Waals surface area contributed by atoms with E-state index in [4.69, 9.17) is 5.73 Å². The molecule has 0 aliphatic rings. The number of benzene rings is 1. The van der Waals surface area contributed by atoms with Gasteiger partial charge in [-0.15, -0.1) is 0 Å². The molecule has 26 heavy (non-hydrogen) atoms. The monoisotopic (exact) mass is 502 g/mol. The van der Waals surface area contributed by atoms with Crippen molar-refractivity contribution in [3.63, 3.8) is 0 Å². The number of amides is 1. The van der Waals surface area contributed by atoms with E-state index >= 15 is 0 Å². The molecule has 3 rings (SSSR count). The summed E-state index contributed by atoms with van der Waals surface area (Å²) in [6.45, 7) is 0. The van der Waals surface area contributed by atoms with Crippen LogP contribution in [0.3, 0.4) is 0 Å². The fourth-order valence-electron chi connectivity index (χ4n) is 2.14. The second-order valence-electron chi connectivity index (χ2n) is 5.36. The van der Waals surface area contributed by atoms with Gasteiger partial charge in [0.25, 0.3) is 0 Å². The summed E-state index contributed by atoms with van der Waals surface area (Å²) < 4.78 is 3.57. The maximum absolute atomic E-state index is 12.1. The first-order chi connectivity index (χ1) is 12.7. The van der Waals surface area contributed by atoms with Gasteiger partial charge >= 0.3 is 168 Å². The number of nitrogens with two attached hydrogens (primary N) is 1. The topological polar surface area (TPSA) is 107 Å². The Hall–Kier alpha value is -1.44. The molecule has 0 fully saturated rings. The van der Waals surface area contributed by atoms with E-state index in [1.54, 1.807) is 0 Å². The third-order valence-electron chi connectivity index (χ3n) is 3.32. The molecule has 0 saturated carbocycles. The van der Waals surface area contributed by atoms with Crippen molar-refractivity contribution < 1.29 is 4.79 Å². The van der Waals surface area contributed by atoms with Gasteiger partial charge in [-0.05, 0) is 0 Å². The van der Waals surface area contributed by atoms with E-state index in [1.165, 1.54) is 0 Å². The van der Waals surface area contributed by atoms with Crippen LogP contribution in [-0.4, -0.2) is 66.8 Å². The van der Waals surface area contributed by atoms with Crippen LogP contribution < -0.4 is 11.1 Å². The Morgan fingerprint density at radius 2 is 1.69 bits per heavy atom. The molecule has 0 aliphatic carbocycles. The molecule has 7 nitrogen and oxygen atoms in total. The van der Waals surface area contributed by atoms with E-state index < -0.39 is 0 Å². The van der Waals surface area contributed by atoms with Crippen molar-refractivity contribution in [2.24, 2.45) is 0 Å². The minimum atomic E-state index is -0.0386. The Balaban J connectivity index is 1.35.